The first-order valence-corrected chi connectivity index (χ1v) is 13.5. The van der Waals surface area contributed by atoms with Crippen molar-refractivity contribution in [2.24, 2.45) is 17.8 Å². The lowest BCUT2D eigenvalue weighted by atomic mass is 9.89. The average Bonchev–Trinajstić information content (AvgIpc) is 3.10. The Labute approximate surface area is 206 Å². The Hall–Kier alpha value is -1.21. The minimum absolute atomic E-state index is 0.0211. The van der Waals surface area contributed by atoms with Crippen LogP contribution in [-0.2, 0) is 19.0 Å². The number of hydrogen-bond donors (Lipinski definition) is 2. The van der Waals surface area contributed by atoms with Gasteiger partial charge in [0.15, 0.2) is 6.29 Å². The molecule has 1 saturated heterocycles. The number of esters is 1. The summed E-state index contributed by atoms with van der Waals surface area (Å²) in [5.41, 5.74) is 0. The number of carbonyl (C=O) groups is 1. The number of unbranched alkanes of at least 4 members (excludes halogenated alkanes) is 2. The van der Waals surface area contributed by atoms with Gasteiger partial charge < -0.3 is 24.4 Å². The second kappa shape index (κ2) is 16.5. The van der Waals surface area contributed by atoms with E-state index in [2.05, 4.69) is 42.9 Å². The first-order chi connectivity index (χ1) is 16.4. The molecular formula is C28H48O6. The molecule has 2 N–H and O–H groups in total. The Kier molecular flexibility index (Phi) is 14.1. The van der Waals surface area contributed by atoms with Crippen molar-refractivity contribution >= 4 is 5.97 Å². The number of aliphatic hydroxyl groups excluding tert-OH is 2. The van der Waals surface area contributed by atoms with Crippen LogP contribution < -0.4 is 0 Å². The van der Waals surface area contributed by atoms with Gasteiger partial charge in [0, 0.05) is 25.4 Å². The minimum Gasteiger partial charge on any atom is -0.469 e. The van der Waals surface area contributed by atoms with E-state index in [0.29, 0.717) is 25.2 Å². The summed E-state index contributed by atoms with van der Waals surface area (Å²) >= 11 is 0. The molecule has 0 amide bonds. The van der Waals surface area contributed by atoms with Crippen LogP contribution >= 0.6 is 0 Å². The molecule has 0 aromatic heterocycles. The van der Waals surface area contributed by atoms with Crippen LogP contribution in [0.4, 0.5) is 0 Å². The Morgan fingerprint density at radius 2 is 2.00 bits per heavy atom. The summed E-state index contributed by atoms with van der Waals surface area (Å²) in [5, 5.41) is 21.2. The zero-order valence-electron chi connectivity index (χ0n) is 21.6. The van der Waals surface area contributed by atoms with Crippen molar-refractivity contribution < 1.29 is 29.2 Å². The normalized spacial score (nSPS) is 29.6. The standard InChI is InChI=1S/C28H48O6/c1-4-5-12-21(2)19-22(34-28-15-10-11-18-33-28)16-17-24-23(25(29)20-26(24)30)13-8-6-7-9-14-27(31)32-3/h6,8,16-17,21-26,28-30H,4-5,7,9-15,18-20H2,1-3H3/t21-,22+,23+,24+,25-,26+,28?/m0/s1. The van der Waals surface area contributed by atoms with E-state index >= 15 is 0 Å². The van der Waals surface area contributed by atoms with E-state index in [9.17, 15) is 15.0 Å². The molecule has 0 radical (unpaired) electrons. The highest BCUT2D eigenvalue weighted by atomic mass is 16.7. The fourth-order valence-corrected chi connectivity index (χ4v) is 5.06. The molecule has 7 atom stereocenters. The molecule has 196 valence electrons. The summed E-state index contributed by atoms with van der Waals surface area (Å²) in [6, 6.07) is 0. The molecule has 0 aromatic carbocycles. The van der Waals surface area contributed by atoms with Crippen LogP contribution in [0.5, 0.6) is 0 Å². The fourth-order valence-electron chi connectivity index (χ4n) is 5.06. The summed E-state index contributed by atoms with van der Waals surface area (Å²) in [4.78, 5) is 11.2. The molecule has 1 aliphatic carbocycles. The highest BCUT2D eigenvalue weighted by Crippen LogP contribution is 2.36. The largest absolute Gasteiger partial charge is 0.469 e. The molecule has 0 aromatic rings. The van der Waals surface area contributed by atoms with Gasteiger partial charge in [-0.2, -0.15) is 0 Å². The molecule has 2 fully saturated rings. The molecule has 6 nitrogen and oxygen atoms in total. The second-order valence-corrected chi connectivity index (χ2v) is 10.1. The molecule has 0 bridgehead atoms. The number of aliphatic hydroxyl groups is 2. The maximum absolute atomic E-state index is 11.2. The van der Waals surface area contributed by atoms with E-state index in [1.165, 1.54) is 26.4 Å². The zero-order valence-corrected chi connectivity index (χ0v) is 21.6. The van der Waals surface area contributed by atoms with Crippen molar-refractivity contribution in [3.05, 3.63) is 24.3 Å². The van der Waals surface area contributed by atoms with Gasteiger partial charge in [-0.1, -0.05) is 57.4 Å². The summed E-state index contributed by atoms with van der Waals surface area (Å²) in [5.74, 6) is 0.250. The number of carbonyl (C=O) groups excluding carboxylic acids is 1. The fraction of sp³-hybridized carbons (Fsp3) is 0.821. The van der Waals surface area contributed by atoms with E-state index in [-0.39, 0.29) is 30.2 Å². The van der Waals surface area contributed by atoms with Gasteiger partial charge in [-0.05, 0) is 56.8 Å². The van der Waals surface area contributed by atoms with E-state index < -0.39 is 12.2 Å². The van der Waals surface area contributed by atoms with Gasteiger partial charge >= 0.3 is 5.97 Å². The van der Waals surface area contributed by atoms with Crippen LogP contribution in [0.1, 0.15) is 90.9 Å². The number of hydrogen-bond acceptors (Lipinski definition) is 6. The molecule has 1 heterocycles. The summed E-state index contributed by atoms with van der Waals surface area (Å²) in [6.45, 7) is 5.26. The van der Waals surface area contributed by atoms with Gasteiger partial charge in [-0.25, -0.2) is 0 Å². The Morgan fingerprint density at radius 1 is 1.18 bits per heavy atom. The molecular weight excluding hydrogens is 432 g/mol. The van der Waals surface area contributed by atoms with Crippen molar-refractivity contribution in [3.8, 4) is 0 Å². The zero-order chi connectivity index (χ0) is 24.8. The van der Waals surface area contributed by atoms with Crippen LogP contribution in [0.25, 0.3) is 0 Å². The predicted molar refractivity (Wildman–Crippen MR) is 134 cm³/mol. The van der Waals surface area contributed by atoms with E-state index in [0.717, 1.165) is 45.1 Å². The van der Waals surface area contributed by atoms with Crippen molar-refractivity contribution in [2.45, 2.75) is 115 Å². The lowest BCUT2D eigenvalue weighted by Crippen LogP contribution is -2.28. The van der Waals surface area contributed by atoms with Gasteiger partial charge in [-0.15, -0.1) is 0 Å². The quantitative estimate of drug-likeness (QED) is 0.187. The lowest BCUT2D eigenvalue weighted by molar-refractivity contribution is -0.181. The van der Waals surface area contributed by atoms with E-state index in [1.807, 2.05) is 0 Å². The SMILES string of the molecule is CCCC[C@H](C)C[C@@H](C=C[C@@H]1[C@@H](CC=CCCCC(=O)OC)[C@@H](O)C[C@H]1O)OC1CCCCO1. The number of ether oxygens (including phenoxy) is 3. The maximum Gasteiger partial charge on any atom is 0.305 e. The third-order valence-corrected chi connectivity index (χ3v) is 7.17. The van der Waals surface area contributed by atoms with Gasteiger partial charge in [0.05, 0.1) is 25.4 Å². The van der Waals surface area contributed by atoms with Crippen molar-refractivity contribution in [2.75, 3.05) is 13.7 Å². The monoisotopic (exact) mass is 480 g/mol. The minimum atomic E-state index is -0.548. The third kappa shape index (κ3) is 10.6. The molecule has 6 heteroatoms. The van der Waals surface area contributed by atoms with E-state index in [4.69, 9.17) is 9.47 Å². The van der Waals surface area contributed by atoms with Gasteiger partial charge in [0.2, 0.25) is 0 Å². The molecule has 2 aliphatic rings. The molecule has 0 spiro atoms. The Balaban J connectivity index is 1.95. The highest BCUT2D eigenvalue weighted by molar-refractivity contribution is 5.69. The molecule has 34 heavy (non-hydrogen) atoms. The first-order valence-electron chi connectivity index (χ1n) is 13.5. The molecule has 1 unspecified atom stereocenters. The average molecular weight is 481 g/mol. The molecule has 1 saturated carbocycles. The topological polar surface area (TPSA) is 85.2 Å². The second-order valence-electron chi connectivity index (χ2n) is 10.1. The Morgan fingerprint density at radius 3 is 2.71 bits per heavy atom. The molecule has 2 rings (SSSR count). The number of methoxy groups -OCH3 is 1. The van der Waals surface area contributed by atoms with Gasteiger partial charge in [-0.3, -0.25) is 4.79 Å². The van der Waals surface area contributed by atoms with Crippen molar-refractivity contribution in [1.29, 1.82) is 0 Å². The van der Waals surface area contributed by atoms with Crippen LogP contribution in [0.15, 0.2) is 24.3 Å². The summed E-state index contributed by atoms with van der Waals surface area (Å²) < 4.78 is 16.8. The van der Waals surface area contributed by atoms with E-state index in [1.54, 1.807) is 0 Å². The van der Waals surface area contributed by atoms with Crippen LogP contribution in [0, 0.1) is 17.8 Å². The van der Waals surface area contributed by atoms with Crippen LogP contribution in [0.3, 0.4) is 0 Å². The summed E-state index contributed by atoms with van der Waals surface area (Å²) in [6.07, 6.45) is 17.8. The van der Waals surface area contributed by atoms with Crippen molar-refractivity contribution in [3.63, 3.8) is 0 Å². The first kappa shape index (κ1) is 29.0. The van der Waals surface area contributed by atoms with Gasteiger partial charge in [0.25, 0.3) is 0 Å². The lowest BCUT2D eigenvalue weighted by Gasteiger charge is -2.28. The van der Waals surface area contributed by atoms with Crippen LogP contribution in [0.2, 0.25) is 0 Å². The maximum atomic E-state index is 11.2. The Bertz CT molecular complexity index is 612. The smallest absolute Gasteiger partial charge is 0.305 e. The van der Waals surface area contributed by atoms with Crippen molar-refractivity contribution in [1.82, 2.24) is 0 Å². The highest BCUT2D eigenvalue weighted by Gasteiger charge is 2.39. The third-order valence-electron chi connectivity index (χ3n) is 7.17. The van der Waals surface area contributed by atoms with Crippen LogP contribution in [-0.4, -0.2) is 54.5 Å². The van der Waals surface area contributed by atoms with Gasteiger partial charge in [0.1, 0.15) is 0 Å². The summed E-state index contributed by atoms with van der Waals surface area (Å²) in [7, 11) is 1.41. The molecule has 1 aliphatic heterocycles. The predicted octanol–water partition coefficient (Wildman–Crippen LogP) is 5.32. The number of rotatable bonds is 15. The number of allylic oxidation sites excluding steroid dienone is 2.